The van der Waals surface area contributed by atoms with Crippen LogP contribution in [0.2, 0.25) is 0 Å². The minimum absolute atomic E-state index is 0.00979. The van der Waals surface area contributed by atoms with Crippen molar-refractivity contribution < 1.29 is 108 Å². The molecular formula is C52H84N10O22. The number of aliphatic hydroxyl groups excluding tert-OH is 8. The number of ether oxygens (including phenoxy) is 2. The van der Waals surface area contributed by atoms with Gasteiger partial charge < -0.3 is 115 Å². The maximum atomic E-state index is 14.2. The van der Waals surface area contributed by atoms with Gasteiger partial charge in [-0.25, -0.2) is 0 Å². The number of hydrogen-bond donors (Lipinski definition) is 20. The van der Waals surface area contributed by atoms with E-state index in [-0.39, 0.29) is 30.7 Å². The maximum Gasteiger partial charge on any atom is 0.305 e. The molecule has 0 saturated carbocycles. The van der Waals surface area contributed by atoms with Crippen molar-refractivity contribution in [3.8, 4) is 5.75 Å². The van der Waals surface area contributed by atoms with Crippen LogP contribution in [0.25, 0.3) is 0 Å². The third-order valence-corrected chi connectivity index (χ3v) is 13.8. The molecule has 0 spiro atoms. The summed E-state index contributed by atoms with van der Waals surface area (Å²) in [4.78, 5) is 134. The molecule has 84 heavy (non-hydrogen) atoms. The van der Waals surface area contributed by atoms with Gasteiger partial charge in [-0.15, -0.1) is 0 Å². The van der Waals surface area contributed by atoms with Gasteiger partial charge >= 0.3 is 5.97 Å². The summed E-state index contributed by atoms with van der Waals surface area (Å²) in [6.45, 7) is -2.18. The first-order valence-corrected chi connectivity index (χ1v) is 27.8. The molecule has 1 aromatic rings. The van der Waals surface area contributed by atoms with Crippen molar-refractivity contribution in [2.24, 2.45) is 11.5 Å². The Morgan fingerprint density at radius 1 is 0.667 bits per heavy atom. The molecule has 2 aliphatic rings. The number of carbonyl (C=O) groups is 10. The molecule has 9 amide bonds. The summed E-state index contributed by atoms with van der Waals surface area (Å²) in [6, 6.07) is -9.03. The molecule has 0 unspecified atom stereocenters. The summed E-state index contributed by atoms with van der Waals surface area (Å²) in [5.74, 6) is -13.5. The molecule has 2 heterocycles. The molecule has 32 nitrogen and oxygen atoms in total. The number of nitrogens with two attached hydrogens (primary N) is 2. The minimum Gasteiger partial charge on any atom is -0.508 e. The number of unbranched alkanes of at least 4 members (excludes halogenated alkanes) is 8. The SMILES string of the molecule is CCCCCCCCCCC[C@@H](O[C@H]1OC[C@@H](O)[C@H](O)[C@H]1O)[C@H](O)[C@H](O)C[C@@H]1CC(=O)N[C@@H](CO)C(=O)N[C@H]([C@H](O)c2ccc(O)cc2)C(=O)N[C@H](CCN)C(=O)NCC(=O)N[C@@H](CC(=O)O)C(=O)N[C@H](CO)C(=O)N[C@@H](CC(N)=O)C(=O)N1. The van der Waals surface area contributed by atoms with E-state index in [4.69, 9.17) is 20.9 Å². The number of hydrogen-bond acceptors (Lipinski definition) is 22. The van der Waals surface area contributed by atoms with E-state index in [1.54, 1.807) is 0 Å². The molecule has 1 aromatic carbocycles. The zero-order valence-electron chi connectivity index (χ0n) is 46.6. The molecule has 22 N–H and O–H groups in total. The number of phenolic OH excluding ortho intramolecular Hbond substituents is 1. The van der Waals surface area contributed by atoms with Crippen molar-refractivity contribution in [3.63, 3.8) is 0 Å². The highest BCUT2D eigenvalue weighted by Gasteiger charge is 2.42. The Morgan fingerprint density at radius 2 is 1.20 bits per heavy atom. The van der Waals surface area contributed by atoms with Gasteiger partial charge in [0.15, 0.2) is 6.29 Å². The molecule has 2 aliphatic heterocycles. The van der Waals surface area contributed by atoms with Gasteiger partial charge in [-0.3, -0.25) is 47.9 Å². The molecule has 2 saturated heterocycles. The first-order valence-electron chi connectivity index (χ1n) is 27.8. The van der Waals surface area contributed by atoms with Gasteiger partial charge in [0.05, 0.1) is 51.4 Å². The van der Waals surface area contributed by atoms with E-state index in [2.05, 4.69) is 38.8 Å². The van der Waals surface area contributed by atoms with Crippen LogP contribution in [-0.4, -0.2) is 228 Å². The molecule has 0 aromatic heterocycles. The fraction of sp³-hybridized carbons (Fsp3) is 0.692. The lowest BCUT2D eigenvalue weighted by atomic mass is 9.94. The van der Waals surface area contributed by atoms with Gasteiger partial charge in [-0.2, -0.15) is 0 Å². The van der Waals surface area contributed by atoms with E-state index in [1.807, 2.05) is 10.6 Å². The largest absolute Gasteiger partial charge is 0.508 e. The number of aliphatic hydroxyl groups is 8. The number of aliphatic carboxylic acids is 1. The number of phenols is 1. The van der Waals surface area contributed by atoms with Crippen LogP contribution in [0.5, 0.6) is 5.75 Å². The molecule has 0 aliphatic carbocycles. The third-order valence-electron chi connectivity index (χ3n) is 13.8. The van der Waals surface area contributed by atoms with Crippen molar-refractivity contribution in [2.45, 2.75) is 195 Å². The number of benzene rings is 1. The number of primary amides is 1. The van der Waals surface area contributed by atoms with Gasteiger partial charge in [0, 0.05) is 12.5 Å². The molecule has 0 bridgehead atoms. The monoisotopic (exact) mass is 1200 g/mol. The molecule has 3 rings (SSSR count). The predicted octanol–water partition coefficient (Wildman–Crippen LogP) is -7.12. The maximum absolute atomic E-state index is 14.2. The summed E-state index contributed by atoms with van der Waals surface area (Å²) in [5.41, 5.74) is 11.0. The molecule has 2 fully saturated rings. The number of carbonyl (C=O) groups excluding carboxylic acids is 9. The van der Waals surface area contributed by atoms with Gasteiger partial charge in [0.1, 0.15) is 72.5 Å². The van der Waals surface area contributed by atoms with E-state index >= 15 is 0 Å². The summed E-state index contributed by atoms with van der Waals surface area (Å²) >= 11 is 0. The Labute approximate surface area is 483 Å². The zero-order valence-corrected chi connectivity index (χ0v) is 46.6. The zero-order chi connectivity index (χ0) is 62.6. The second kappa shape index (κ2) is 36.9. The van der Waals surface area contributed by atoms with Gasteiger partial charge in [0.2, 0.25) is 53.2 Å². The van der Waals surface area contributed by atoms with Crippen molar-refractivity contribution in [1.29, 1.82) is 0 Å². The summed E-state index contributed by atoms with van der Waals surface area (Å²) in [5, 5.41) is 124. The molecule has 474 valence electrons. The van der Waals surface area contributed by atoms with Crippen LogP contribution >= 0.6 is 0 Å². The number of rotatable bonds is 26. The molecule has 15 atom stereocenters. The molecular weight excluding hydrogens is 1120 g/mol. The van der Waals surface area contributed by atoms with E-state index in [9.17, 15) is 99.0 Å². The highest BCUT2D eigenvalue weighted by molar-refractivity contribution is 5.98. The Hall–Kier alpha value is -6.72. The standard InChI is InChI=1S/C52H84N10O22/c1-2-3-4-5-6-7-8-9-10-11-36(84-52-45(76)44(75)35(67)25-83-52)43(74)34(66)18-27-19-38(69)58-32(23-63)50(81)62-41(42(73)26-12-14-28(65)15-13-26)51(82)59-29(16-17-53)46(77)55-22-39(70)57-31(21-40(71)72)48(79)61-33(24-64)49(80)60-30(20-37(54)68)47(78)56-27/h12-15,27,29-36,41-45,52,63-67,73-76H,2-11,16-25,53H2,1H3,(H2,54,68)(H,55,77)(H,56,78)(H,57,70)(H,58,69)(H,59,82)(H,60,80)(H,61,79)(H,62,81)(H,71,72)/t27-,29-,30+,31+,32+,33-,34-,35-,36-,41-,42-,43-,44+,45-,52-/m1/s1. The number of nitrogens with one attached hydrogen (secondary N) is 8. The average Bonchev–Trinajstić information content (AvgIpc) is 3.43. The van der Waals surface area contributed by atoms with Crippen LogP contribution in [0.3, 0.4) is 0 Å². The van der Waals surface area contributed by atoms with E-state index in [0.717, 1.165) is 69.2 Å². The van der Waals surface area contributed by atoms with Crippen LogP contribution in [-0.2, 0) is 57.4 Å². The fourth-order valence-corrected chi connectivity index (χ4v) is 9.06. The Bertz CT molecular complexity index is 2320. The lowest BCUT2D eigenvalue weighted by molar-refractivity contribution is -0.293. The van der Waals surface area contributed by atoms with E-state index in [1.165, 1.54) is 0 Å². The summed E-state index contributed by atoms with van der Waals surface area (Å²) < 4.78 is 11.3. The Morgan fingerprint density at radius 3 is 1.80 bits per heavy atom. The normalized spacial score (nSPS) is 27.3. The Balaban J connectivity index is 2.12. The quantitative estimate of drug-likeness (QED) is 0.0383. The summed E-state index contributed by atoms with van der Waals surface area (Å²) in [6.07, 6.45) is -10.6. The average molecular weight is 1200 g/mol. The van der Waals surface area contributed by atoms with E-state index in [0.29, 0.717) is 12.8 Å². The molecule has 32 heteroatoms. The third kappa shape index (κ3) is 24.1. The van der Waals surface area contributed by atoms with Crippen LogP contribution in [0, 0.1) is 0 Å². The first-order chi connectivity index (χ1) is 39.8. The van der Waals surface area contributed by atoms with Gasteiger partial charge in [0.25, 0.3) is 0 Å². The highest BCUT2D eigenvalue weighted by atomic mass is 16.7. The van der Waals surface area contributed by atoms with Crippen LogP contribution in [0.15, 0.2) is 24.3 Å². The lowest BCUT2D eigenvalue weighted by Crippen LogP contribution is -2.59. The van der Waals surface area contributed by atoms with E-state index < -0.39 is 202 Å². The van der Waals surface area contributed by atoms with Crippen LogP contribution in [0.1, 0.15) is 115 Å². The number of aromatic hydroxyl groups is 1. The van der Waals surface area contributed by atoms with Crippen molar-refractivity contribution in [1.82, 2.24) is 42.5 Å². The second-order valence-corrected chi connectivity index (χ2v) is 20.6. The highest BCUT2D eigenvalue weighted by Crippen LogP contribution is 2.25. The topological polar surface area (TPSA) is 540 Å². The smallest absolute Gasteiger partial charge is 0.305 e. The number of amides is 9. The van der Waals surface area contributed by atoms with Gasteiger partial charge in [-0.05, 0) is 43.5 Å². The van der Waals surface area contributed by atoms with Crippen molar-refractivity contribution >= 4 is 59.1 Å². The predicted molar refractivity (Wildman–Crippen MR) is 289 cm³/mol. The second-order valence-electron chi connectivity index (χ2n) is 20.6. The lowest BCUT2D eigenvalue weighted by Gasteiger charge is -2.38. The molecule has 0 radical (unpaired) electrons. The first kappa shape index (κ1) is 71.5. The Kier molecular flexibility index (Phi) is 31.4. The van der Waals surface area contributed by atoms with Crippen LogP contribution in [0.4, 0.5) is 0 Å². The summed E-state index contributed by atoms with van der Waals surface area (Å²) in [7, 11) is 0. The fourth-order valence-electron chi connectivity index (χ4n) is 9.06. The van der Waals surface area contributed by atoms with Gasteiger partial charge in [-0.1, -0.05) is 76.8 Å². The van der Waals surface area contributed by atoms with Crippen molar-refractivity contribution in [3.05, 3.63) is 29.8 Å². The van der Waals surface area contributed by atoms with Crippen LogP contribution < -0.4 is 54.0 Å². The van der Waals surface area contributed by atoms with Crippen molar-refractivity contribution in [2.75, 3.05) is 32.9 Å². The minimum atomic E-state index is -2.10. The number of carboxylic acid groups (broad SMARTS) is 1. The number of carboxylic acids is 1.